The summed E-state index contributed by atoms with van der Waals surface area (Å²) in [6.07, 6.45) is 2.81. The van der Waals surface area contributed by atoms with Crippen molar-refractivity contribution >= 4 is 0 Å². The number of aliphatic hydroxyl groups excluding tert-OH is 1. The molecule has 3 rings (SSSR count). The van der Waals surface area contributed by atoms with Gasteiger partial charge in [0, 0.05) is 31.5 Å². The van der Waals surface area contributed by atoms with Crippen LogP contribution >= 0.6 is 0 Å². The normalized spacial score (nSPS) is 11.4. The van der Waals surface area contributed by atoms with Gasteiger partial charge in [-0.05, 0) is 42.7 Å². The Morgan fingerprint density at radius 2 is 1.44 bits per heavy atom. The first-order valence-electron chi connectivity index (χ1n) is 9.34. The van der Waals surface area contributed by atoms with Crippen molar-refractivity contribution in [1.82, 2.24) is 25.1 Å². The Bertz CT molecular complexity index is 832. The van der Waals surface area contributed by atoms with Crippen LogP contribution in [0.5, 0.6) is 0 Å². The predicted molar refractivity (Wildman–Crippen MR) is 104 cm³/mol. The van der Waals surface area contributed by atoms with E-state index in [0.29, 0.717) is 31.2 Å². The Balaban J connectivity index is 1.77. The highest BCUT2D eigenvalue weighted by molar-refractivity contribution is 5.14. The first kappa shape index (κ1) is 19.2. The second kappa shape index (κ2) is 9.39. The largest absolute Gasteiger partial charge is 0.390 e. The van der Waals surface area contributed by atoms with E-state index in [-0.39, 0.29) is 6.61 Å². The molecule has 0 aliphatic rings. The van der Waals surface area contributed by atoms with Crippen LogP contribution in [0.4, 0.5) is 0 Å². The van der Waals surface area contributed by atoms with Gasteiger partial charge in [0.1, 0.15) is 0 Å². The summed E-state index contributed by atoms with van der Waals surface area (Å²) in [5, 5.41) is 16.5. The van der Waals surface area contributed by atoms with Crippen LogP contribution in [0.25, 0.3) is 0 Å². The summed E-state index contributed by atoms with van der Waals surface area (Å²) in [5.74, 6) is 0.582. The van der Waals surface area contributed by atoms with E-state index >= 15 is 0 Å². The van der Waals surface area contributed by atoms with Gasteiger partial charge in [0.25, 0.3) is 0 Å². The summed E-state index contributed by atoms with van der Waals surface area (Å²) in [6, 6.07) is 14.0. The second-order valence-corrected chi connectivity index (χ2v) is 7.21. The number of H-pyrrole nitrogens is 1. The lowest BCUT2D eigenvalue weighted by Gasteiger charge is -2.21. The van der Waals surface area contributed by atoms with Crippen LogP contribution in [0.15, 0.2) is 48.7 Å². The molecule has 2 N–H and O–H groups in total. The van der Waals surface area contributed by atoms with Crippen LogP contribution in [0.2, 0.25) is 0 Å². The van der Waals surface area contributed by atoms with E-state index in [1.807, 2.05) is 30.5 Å². The molecule has 142 valence electrons. The van der Waals surface area contributed by atoms with Gasteiger partial charge in [0.2, 0.25) is 0 Å². The molecule has 3 heterocycles. The molecule has 3 aromatic heterocycles. The van der Waals surface area contributed by atoms with Gasteiger partial charge < -0.3 is 5.11 Å². The van der Waals surface area contributed by atoms with Gasteiger partial charge in [-0.15, -0.1) is 0 Å². The highest BCUT2D eigenvalue weighted by Gasteiger charge is 2.12. The third-order valence-corrected chi connectivity index (χ3v) is 4.22. The molecule has 0 radical (unpaired) electrons. The topological polar surface area (TPSA) is 77.9 Å². The second-order valence-electron chi connectivity index (χ2n) is 7.21. The highest BCUT2D eigenvalue weighted by Crippen LogP contribution is 2.13. The summed E-state index contributed by atoms with van der Waals surface area (Å²) < 4.78 is 0. The maximum atomic E-state index is 9.34. The van der Waals surface area contributed by atoms with Gasteiger partial charge in [-0.1, -0.05) is 26.0 Å². The molecule has 0 atom stereocenters. The zero-order valence-corrected chi connectivity index (χ0v) is 16.0. The number of nitrogens with one attached hydrogen (secondary N) is 1. The third kappa shape index (κ3) is 5.98. The van der Waals surface area contributed by atoms with E-state index < -0.39 is 0 Å². The fraction of sp³-hybridized carbons (Fsp3) is 0.381. The van der Waals surface area contributed by atoms with E-state index in [1.165, 1.54) is 0 Å². The molecule has 27 heavy (non-hydrogen) atoms. The molecule has 0 aliphatic heterocycles. The maximum Gasteiger partial charge on any atom is 0.0853 e. The zero-order chi connectivity index (χ0) is 19.1. The van der Waals surface area contributed by atoms with Crippen molar-refractivity contribution in [2.45, 2.75) is 46.5 Å². The minimum atomic E-state index is -0.0496. The summed E-state index contributed by atoms with van der Waals surface area (Å²) in [7, 11) is 0. The standard InChI is InChI=1S/C21H27N5O/c1-16(2)11-17-5-3-6-18(23-17)12-26(14-20-9-10-22-25-20)13-19-7-4-8-21(15-27)24-19/h3-10,16,27H,11-15H2,1-2H3,(H,22,25). The SMILES string of the molecule is CC(C)Cc1cccc(CN(Cc2cc[nH]n2)Cc2cccc(CO)n2)n1. The molecule has 0 amide bonds. The van der Waals surface area contributed by atoms with Gasteiger partial charge in [0.15, 0.2) is 0 Å². The Morgan fingerprint density at radius 3 is 2.04 bits per heavy atom. The van der Waals surface area contributed by atoms with Crippen LogP contribution in [0.3, 0.4) is 0 Å². The highest BCUT2D eigenvalue weighted by atomic mass is 16.3. The summed E-state index contributed by atoms with van der Waals surface area (Å²) >= 11 is 0. The van der Waals surface area contributed by atoms with Crippen molar-refractivity contribution in [2.24, 2.45) is 5.92 Å². The quantitative estimate of drug-likeness (QED) is 0.609. The zero-order valence-electron chi connectivity index (χ0n) is 16.0. The number of aromatic amines is 1. The average Bonchev–Trinajstić information content (AvgIpc) is 3.14. The smallest absolute Gasteiger partial charge is 0.0853 e. The fourth-order valence-electron chi connectivity index (χ4n) is 3.09. The number of hydrogen-bond donors (Lipinski definition) is 2. The van der Waals surface area contributed by atoms with Crippen molar-refractivity contribution in [2.75, 3.05) is 0 Å². The van der Waals surface area contributed by atoms with Crippen molar-refractivity contribution in [3.63, 3.8) is 0 Å². The number of nitrogens with zero attached hydrogens (tertiary/aromatic N) is 4. The van der Waals surface area contributed by atoms with E-state index in [1.54, 1.807) is 0 Å². The van der Waals surface area contributed by atoms with Crippen LogP contribution in [-0.2, 0) is 32.7 Å². The molecular weight excluding hydrogens is 338 g/mol. The number of pyridine rings is 2. The number of rotatable bonds is 9. The van der Waals surface area contributed by atoms with Gasteiger partial charge in [-0.2, -0.15) is 5.10 Å². The molecule has 0 fully saturated rings. The van der Waals surface area contributed by atoms with Crippen molar-refractivity contribution in [1.29, 1.82) is 0 Å². The number of aromatic nitrogens is 4. The molecule has 0 unspecified atom stereocenters. The van der Waals surface area contributed by atoms with E-state index in [2.05, 4.69) is 52.1 Å². The first-order valence-corrected chi connectivity index (χ1v) is 9.34. The molecule has 3 aromatic rings. The van der Waals surface area contributed by atoms with Crippen LogP contribution < -0.4 is 0 Å². The lowest BCUT2D eigenvalue weighted by atomic mass is 10.1. The van der Waals surface area contributed by atoms with Crippen molar-refractivity contribution in [3.8, 4) is 0 Å². The summed E-state index contributed by atoms with van der Waals surface area (Å²) in [4.78, 5) is 11.6. The Hall–Kier alpha value is -2.57. The average molecular weight is 365 g/mol. The maximum absolute atomic E-state index is 9.34. The van der Waals surface area contributed by atoms with Crippen LogP contribution in [0, 0.1) is 5.92 Å². The lowest BCUT2D eigenvalue weighted by Crippen LogP contribution is -2.24. The van der Waals surface area contributed by atoms with Crippen molar-refractivity contribution in [3.05, 3.63) is 77.1 Å². The minimum absolute atomic E-state index is 0.0496. The third-order valence-electron chi connectivity index (χ3n) is 4.22. The monoisotopic (exact) mass is 365 g/mol. The molecule has 0 bridgehead atoms. The molecule has 0 saturated heterocycles. The van der Waals surface area contributed by atoms with Crippen molar-refractivity contribution < 1.29 is 5.11 Å². The van der Waals surface area contributed by atoms with E-state index in [0.717, 1.165) is 29.2 Å². The fourth-order valence-corrected chi connectivity index (χ4v) is 3.09. The first-order chi connectivity index (χ1) is 13.1. The molecular formula is C21H27N5O. The van der Waals surface area contributed by atoms with E-state index in [9.17, 15) is 5.11 Å². The molecule has 0 spiro atoms. The van der Waals surface area contributed by atoms with E-state index in [4.69, 9.17) is 4.98 Å². The Kier molecular flexibility index (Phi) is 6.68. The predicted octanol–water partition coefficient (Wildman–Crippen LogP) is 3.09. The minimum Gasteiger partial charge on any atom is -0.390 e. The molecule has 6 nitrogen and oxygen atoms in total. The van der Waals surface area contributed by atoms with Gasteiger partial charge in [-0.3, -0.25) is 20.0 Å². The van der Waals surface area contributed by atoms with Crippen LogP contribution in [-0.4, -0.2) is 30.2 Å². The summed E-state index contributed by atoms with van der Waals surface area (Å²) in [6.45, 7) is 6.44. The molecule has 0 aromatic carbocycles. The number of aliphatic hydroxyl groups is 1. The van der Waals surface area contributed by atoms with Gasteiger partial charge in [0.05, 0.1) is 29.4 Å². The Labute approximate surface area is 160 Å². The van der Waals surface area contributed by atoms with Gasteiger partial charge in [-0.25, -0.2) is 0 Å². The summed E-state index contributed by atoms with van der Waals surface area (Å²) in [5.41, 5.74) is 4.76. The molecule has 0 saturated carbocycles. The Morgan fingerprint density at radius 1 is 0.852 bits per heavy atom. The van der Waals surface area contributed by atoms with Gasteiger partial charge >= 0.3 is 0 Å². The molecule has 0 aliphatic carbocycles. The lowest BCUT2D eigenvalue weighted by molar-refractivity contribution is 0.236. The molecule has 6 heteroatoms. The van der Waals surface area contributed by atoms with Crippen LogP contribution in [0.1, 0.15) is 42.3 Å². The number of hydrogen-bond acceptors (Lipinski definition) is 5.